The van der Waals surface area contributed by atoms with Gasteiger partial charge in [0.1, 0.15) is 17.9 Å². The topological polar surface area (TPSA) is 112 Å². The molecule has 0 saturated carbocycles. The number of anilines is 2. The molecule has 3 fully saturated rings. The Bertz CT molecular complexity index is 1360. The summed E-state index contributed by atoms with van der Waals surface area (Å²) in [5, 5.41) is 13.4. The van der Waals surface area contributed by atoms with Crippen molar-refractivity contribution in [3.63, 3.8) is 0 Å². The molecule has 0 bridgehead atoms. The van der Waals surface area contributed by atoms with E-state index in [1.165, 1.54) is 4.57 Å². The van der Waals surface area contributed by atoms with Crippen LogP contribution in [0.3, 0.4) is 0 Å². The lowest BCUT2D eigenvalue weighted by atomic mass is 9.96. The molecule has 2 unspecified atom stereocenters. The zero-order valence-corrected chi connectivity index (χ0v) is 22.4. The minimum absolute atomic E-state index is 0.0507. The summed E-state index contributed by atoms with van der Waals surface area (Å²) < 4.78 is 35.1. The number of aromatic nitrogens is 4. The molecular weight excluding hydrogens is 522 g/mol. The van der Waals surface area contributed by atoms with Gasteiger partial charge in [-0.05, 0) is 38.4 Å². The number of aliphatic hydroxyl groups excluding tert-OH is 1. The van der Waals surface area contributed by atoms with Crippen LogP contribution in [0, 0.1) is 5.92 Å². The van der Waals surface area contributed by atoms with Crippen molar-refractivity contribution in [2.24, 2.45) is 5.92 Å². The van der Waals surface area contributed by atoms with E-state index in [9.17, 15) is 18.7 Å². The summed E-state index contributed by atoms with van der Waals surface area (Å²) in [5.74, 6) is 0.831. The van der Waals surface area contributed by atoms with Crippen LogP contribution in [0.25, 0.3) is 16.9 Å². The number of para-hydroxylation sites is 2. The van der Waals surface area contributed by atoms with Crippen molar-refractivity contribution in [2.75, 3.05) is 63.2 Å². The average Bonchev–Trinajstić information content (AvgIpc) is 3.59. The van der Waals surface area contributed by atoms with Crippen molar-refractivity contribution in [3.05, 3.63) is 36.2 Å². The number of hydrogen-bond acceptors (Lipinski definition) is 9. The van der Waals surface area contributed by atoms with Gasteiger partial charge in [0.25, 0.3) is 6.43 Å². The number of fused-ring (bicyclic) bond motifs is 1. The largest absolute Gasteiger partial charge is 0.378 e. The number of benzene rings is 1. The third kappa shape index (κ3) is 5.32. The Hall–Kier alpha value is -3.42. The zero-order chi connectivity index (χ0) is 27.8. The number of alkyl halides is 2. The molecule has 2 N–H and O–H groups in total. The van der Waals surface area contributed by atoms with Gasteiger partial charge in [0.15, 0.2) is 5.82 Å². The lowest BCUT2D eigenvalue weighted by molar-refractivity contribution is -0.139. The highest BCUT2D eigenvalue weighted by Crippen LogP contribution is 2.30. The first kappa shape index (κ1) is 26.8. The third-order valence-electron chi connectivity index (χ3n) is 8.00. The zero-order valence-electron chi connectivity index (χ0n) is 22.4. The second kappa shape index (κ2) is 11.2. The molecule has 5 heterocycles. The van der Waals surface area contributed by atoms with Crippen LogP contribution in [0.1, 0.15) is 31.5 Å². The van der Waals surface area contributed by atoms with E-state index in [4.69, 9.17) is 14.7 Å². The molecule has 3 atom stereocenters. The smallest absolute Gasteiger partial charge is 0.296 e. The van der Waals surface area contributed by atoms with Gasteiger partial charge >= 0.3 is 0 Å². The number of nitrogens with one attached hydrogen (secondary N) is 1. The molecule has 11 nitrogen and oxygen atoms in total. The van der Waals surface area contributed by atoms with Gasteiger partial charge in [-0.25, -0.2) is 13.8 Å². The van der Waals surface area contributed by atoms with Crippen molar-refractivity contribution < 1.29 is 23.4 Å². The maximum atomic E-state index is 14.1. The Morgan fingerprint density at radius 3 is 2.65 bits per heavy atom. The second-order valence-electron chi connectivity index (χ2n) is 10.7. The van der Waals surface area contributed by atoms with Crippen LogP contribution in [0.4, 0.5) is 20.5 Å². The molecule has 2 aromatic heterocycles. The summed E-state index contributed by atoms with van der Waals surface area (Å²) in [4.78, 5) is 32.5. The van der Waals surface area contributed by atoms with E-state index in [1.54, 1.807) is 30.3 Å². The van der Waals surface area contributed by atoms with Gasteiger partial charge < -0.3 is 25.0 Å². The molecule has 0 spiro atoms. The van der Waals surface area contributed by atoms with Crippen LogP contribution in [0.5, 0.6) is 0 Å². The normalized spacial score (nSPS) is 24.3. The number of carbonyl (C=O) groups excluding carboxylic acids is 1. The van der Waals surface area contributed by atoms with Gasteiger partial charge in [0.05, 0.1) is 30.2 Å². The molecule has 0 aliphatic carbocycles. The predicted molar refractivity (Wildman–Crippen MR) is 145 cm³/mol. The van der Waals surface area contributed by atoms with E-state index in [0.29, 0.717) is 87.4 Å². The molecule has 6 rings (SSSR count). The highest BCUT2D eigenvalue weighted by molar-refractivity contribution is 5.80. The SMILES string of the molecule is CN1CC(C(=O)N2CC[C@H](Nc3cc(-n4c(C(F)F)nc5ccccc54)nc(N4CCOCC4)n3)C2)CCC1O. The number of rotatable bonds is 6. The Balaban J connectivity index is 1.27. The van der Waals surface area contributed by atoms with Crippen LogP contribution in [-0.4, -0.2) is 106 Å². The van der Waals surface area contributed by atoms with Crippen LogP contribution < -0.4 is 10.2 Å². The van der Waals surface area contributed by atoms with Gasteiger partial charge in [0, 0.05) is 44.8 Å². The number of nitrogens with zero attached hydrogens (tertiary/aromatic N) is 7. The molecule has 1 amide bonds. The summed E-state index contributed by atoms with van der Waals surface area (Å²) in [6.07, 6.45) is -1.30. The maximum absolute atomic E-state index is 14.1. The number of aliphatic hydroxyl groups is 1. The average molecular weight is 557 g/mol. The number of piperidine rings is 1. The summed E-state index contributed by atoms with van der Waals surface area (Å²) >= 11 is 0. The Morgan fingerprint density at radius 1 is 1.07 bits per heavy atom. The van der Waals surface area contributed by atoms with E-state index in [1.807, 2.05) is 21.7 Å². The second-order valence-corrected chi connectivity index (χ2v) is 10.7. The lowest BCUT2D eigenvalue weighted by Crippen LogP contribution is -2.47. The number of carbonyl (C=O) groups is 1. The highest BCUT2D eigenvalue weighted by Gasteiger charge is 2.35. The number of hydrogen-bond donors (Lipinski definition) is 2. The molecule has 0 radical (unpaired) electrons. The molecule has 3 aliphatic heterocycles. The number of halogens is 2. The maximum Gasteiger partial charge on any atom is 0.296 e. The number of morpholine rings is 1. The van der Waals surface area contributed by atoms with Crippen LogP contribution in [-0.2, 0) is 9.53 Å². The predicted octanol–water partition coefficient (Wildman–Crippen LogP) is 2.26. The summed E-state index contributed by atoms with van der Waals surface area (Å²) in [7, 11) is 1.83. The Kier molecular flexibility index (Phi) is 7.51. The fourth-order valence-corrected chi connectivity index (χ4v) is 5.83. The van der Waals surface area contributed by atoms with Gasteiger partial charge in [0.2, 0.25) is 11.9 Å². The molecule has 3 aromatic rings. The first-order chi connectivity index (χ1) is 19.4. The van der Waals surface area contributed by atoms with E-state index in [-0.39, 0.29) is 23.7 Å². The molecule has 40 heavy (non-hydrogen) atoms. The van der Waals surface area contributed by atoms with E-state index in [2.05, 4.69) is 10.3 Å². The lowest BCUT2D eigenvalue weighted by Gasteiger charge is -2.35. The fraction of sp³-hybridized carbons (Fsp3) is 0.556. The van der Waals surface area contributed by atoms with E-state index < -0.39 is 12.7 Å². The number of ether oxygens (including phenoxy) is 1. The Labute approximate surface area is 230 Å². The van der Waals surface area contributed by atoms with Gasteiger partial charge in [-0.2, -0.15) is 9.97 Å². The van der Waals surface area contributed by atoms with Crippen molar-refractivity contribution >= 4 is 28.7 Å². The summed E-state index contributed by atoms with van der Waals surface area (Å²) in [6.45, 7) is 3.91. The van der Waals surface area contributed by atoms with Crippen LogP contribution >= 0.6 is 0 Å². The van der Waals surface area contributed by atoms with E-state index in [0.717, 1.165) is 6.42 Å². The molecule has 214 valence electrons. The highest BCUT2D eigenvalue weighted by atomic mass is 19.3. The number of likely N-dealkylation sites (tertiary alicyclic amines) is 2. The molecule has 3 saturated heterocycles. The fourth-order valence-electron chi connectivity index (χ4n) is 5.83. The summed E-state index contributed by atoms with van der Waals surface area (Å²) in [5.41, 5.74) is 1.00. The van der Waals surface area contributed by atoms with Crippen molar-refractivity contribution in [2.45, 2.75) is 38.0 Å². The monoisotopic (exact) mass is 556 g/mol. The number of amides is 1. The summed E-state index contributed by atoms with van der Waals surface area (Å²) in [6, 6.07) is 8.63. The number of imidazole rings is 1. The molecule has 3 aliphatic rings. The van der Waals surface area contributed by atoms with Crippen molar-refractivity contribution in [1.82, 2.24) is 29.3 Å². The minimum atomic E-state index is -2.79. The first-order valence-corrected chi connectivity index (χ1v) is 13.8. The molecule has 1 aromatic carbocycles. The van der Waals surface area contributed by atoms with Crippen molar-refractivity contribution in [3.8, 4) is 5.82 Å². The van der Waals surface area contributed by atoms with E-state index >= 15 is 0 Å². The van der Waals surface area contributed by atoms with Gasteiger partial charge in [-0.3, -0.25) is 14.3 Å². The van der Waals surface area contributed by atoms with Gasteiger partial charge in [-0.15, -0.1) is 0 Å². The quantitative estimate of drug-likeness (QED) is 0.472. The van der Waals surface area contributed by atoms with Crippen LogP contribution in [0.15, 0.2) is 30.3 Å². The Morgan fingerprint density at radius 2 is 1.88 bits per heavy atom. The van der Waals surface area contributed by atoms with Crippen molar-refractivity contribution in [1.29, 1.82) is 0 Å². The van der Waals surface area contributed by atoms with Crippen LogP contribution in [0.2, 0.25) is 0 Å². The standard InChI is InChI=1S/C27H34F2N8O3/c1-34-15-17(6-7-23(34)38)26(39)36-9-8-18(16-36)30-21-14-22(33-27(32-21)35-10-12-40-13-11-35)37-20-5-3-2-4-19(20)31-25(37)24(28)29/h2-5,14,17-18,23-24,38H,6-13,15-16H2,1H3,(H,30,32,33)/t17?,18-,23?/m0/s1. The molecule has 13 heteroatoms. The van der Waals surface area contributed by atoms with Gasteiger partial charge in [-0.1, -0.05) is 12.1 Å². The molecular formula is C27H34F2N8O3. The minimum Gasteiger partial charge on any atom is -0.378 e. The third-order valence-corrected chi connectivity index (χ3v) is 8.00. The first-order valence-electron chi connectivity index (χ1n) is 13.8.